The Morgan fingerprint density at radius 1 is 1.53 bits per heavy atom. The Labute approximate surface area is 111 Å². The molecule has 1 aromatic carbocycles. The van der Waals surface area contributed by atoms with Gasteiger partial charge in [-0.1, -0.05) is 13.0 Å². The first-order chi connectivity index (χ1) is 9.13. The lowest BCUT2D eigenvalue weighted by molar-refractivity contribution is -0.136. The van der Waals surface area contributed by atoms with E-state index in [2.05, 4.69) is 4.74 Å². The van der Waals surface area contributed by atoms with Crippen LogP contribution in [0.5, 0.6) is 5.75 Å². The third-order valence-electron chi connectivity index (χ3n) is 2.48. The van der Waals surface area contributed by atoms with Crippen LogP contribution in [-0.4, -0.2) is 19.7 Å². The van der Waals surface area contributed by atoms with E-state index in [1.807, 2.05) is 6.92 Å². The molecular formula is C14H14FNO3. The first-order valence-electron chi connectivity index (χ1n) is 5.72. The van der Waals surface area contributed by atoms with Crippen molar-refractivity contribution in [1.82, 2.24) is 0 Å². The van der Waals surface area contributed by atoms with Crippen LogP contribution in [0.4, 0.5) is 4.39 Å². The van der Waals surface area contributed by atoms with Crippen molar-refractivity contribution in [2.45, 2.75) is 13.3 Å². The zero-order chi connectivity index (χ0) is 14.3. The molecule has 19 heavy (non-hydrogen) atoms. The number of rotatable bonds is 5. The maximum Gasteiger partial charge on any atom is 0.333 e. The third-order valence-corrected chi connectivity index (χ3v) is 2.48. The van der Waals surface area contributed by atoms with Gasteiger partial charge in [0.1, 0.15) is 29.8 Å². The molecule has 0 aliphatic rings. The maximum absolute atomic E-state index is 13.3. The summed E-state index contributed by atoms with van der Waals surface area (Å²) in [4.78, 5) is 11.3. The predicted molar refractivity (Wildman–Crippen MR) is 67.0 cm³/mol. The molecule has 0 unspecified atom stereocenters. The van der Waals surface area contributed by atoms with E-state index in [4.69, 9.17) is 10.00 Å². The largest absolute Gasteiger partial charge is 0.488 e. The molecule has 100 valence electrons. The average molecular weight is 263 g/mol. The molecule has 0 saturated heterocycles. The molecule has 0 aromatic heterocycles. The number of methoxy groups -OCH3 is 1. The fraction of sp³-hybridized carbons (Fsp3) is 0.286. The second-order valence-corrected chi connectivity index (χ2v) is 3.61. The Hall–Kier alpha value is -2.35. The van der Waals surface area contributed by atoms with Crippen LogP contribution < -0.4 is 4.74 Å². The molecule has 1 rings (SSSR count). The molecule has 0 radical (unpaired) electrons. The van der Waals surface area contributed by atoms with E-state index in [1.165, 1.54) is 25.3 Å². The second-order valence-electron chi connectivity index (χ2n) is 3.61. The first kappa shape index (κ1) is 14.7. The molecule has 5 heteroatoms. The SMILES string of the molecule is CCC(=CCOc1cccc(F)c1C#N)C(=O)OC. The molecule has 0 saturated carbocycles. The second kappa shape index (κ2) is 7.17. The summed E-state index contributed by atoms with van der Waals surface area (Å²) in [5, 5.41) is 8.82. The van der Waals surface area contributed by atoms with Gasteiger partial charge in [0.2, 0.25) is 0 Å². The topological polar surface area (TPSA) is 59.3 Å². The van der Waals surface area contributed by atoms with E-state index < -0.39 is 11.8 Å². The quantitative estimate of drug-likeness (QED) is 0.605. The summed E-state index contributed by atoms with van der Waals surface area (Å²) in [5.41, 5.74) is 0.324. The van der Waals surface area contributed by atoms with E-state index in [9.17, 15) is 9.18 Å². The minimum Gasteiger partial charge on any atom is -0.488 e. The molecule has 0 N–H and O–H groups in total. The van der Waals surface area contributed by atoms with E-state index in [1.54, 1.807) is 12.1 Å². The van der Waals surface area contributed by atoms with Crippen LogP contribution in [0.2, 0.25) is 0 Å². The van der Waals surface area contributed by atoms with Gasteiger partial charge in [-0.05, 0) is 24.6 Å². The summed E-state index contributed by atoms with van der Waals surface area (Å²) in [6, 6.07) is 5.88. The Morgan fingerprint density at radius 2 is 2.26 bits per heavy atom. The van der Waals surface area contributed by atoms with Crippen molar-refractivity contribution in [2.24, 2.45) is 0 Å². The third kappa shape index (κ3) is 3.81. The molecule has 0 heterocycles. The van der Waals surface area contributed by atoms with Crippen LogP contribution in [0.1, 0.15) is 18.9 Å². The van der Waals surface area contributed by atoms with Crippen molar-refractivity contribution >= 4 is 5.97 Å². The van der Waals surface area contributed by atoms with Gasteiger partial charge in [-0.2, -0.15) is 5.26 Å². The normalized spacial score (nSPS) is 10.7. The molecule has 0 bridgehead atoms. The van der Waals surface area contributed by atoms with Gasteiger partial charge in [-0.25, -0.2) is 9.18 Å². The van der Waals surface area contributed by atoms with Crippen LogP contribution in [-0.2, 0) is 9.53 Å². The van der Waals surface area contributed by atoms with Gasteiger partial charge in [0.15, 0.2) is 0 Å². The smallest absolute Gasteiger partial charge is 0.333 e. The predicted octanol–water partition coefficient (Wildman–Crippen LogP) is 2.59. The number of nitrogens with zero attached hydrogens (tertiary/aromatic N) is 1. The first-order valence-corrected chi connectivity index (χ1v) is 5.72. The van der Waals surface area contributed by atoms with Crippen LogP contribution in [0.15, 0.2) is 29.8 Å². The minimum atomic E-state index is -0.632. The highest BCUT2D eigenvalue weighted by Crippen LogP contribution is 2.20. The van der Waals surface area contributed by atoms with E-state index in [-0.39, 0.29) is 17.9 Å². The number of hydrogen-bond acceptors (Lipinski definition) is 4. The van der Waals surface area contributed by atoms with Crippen molar-refractivity contribution < 1.29 is 18.7 Å². The summed E-state index contributed by atoms with van der Waals surface area (Å²) >= 11 is 0. The number of halogens is 1. The van der Waals surface area contributed by atoms with Crippen molar-refractivity contribution in [1.29, 1.82) is 5.26 Å². The van der Waals surface area contributed by atoms with E-state index in [0.717, 1.165) is 0 Å². The van der Waals surface area contributed by atoms with Crippen LogP contribution >= 0.6 is 0 Å². The highest BCUT2D eigenvalue weighted by atomic mass is 19.1. The Bertz CT molecular complexity index is 532. The molecule has 0 atom stereocenters. The van der Waals surface area contributed by atoms with Crippen molar-refractivity contribution in [3.05, 3.63) is 41.2 Å². The number of hydrogen-bond donors (Lipinski definition) is 0. The van der Waals surface area contributed by atoms with Crippen LogP contribution in [0.25, 0.3) is 0 Å². The number of carbonyl (C=O) groups excluding carboxylic acids is 1. The standard InChI is InChI=1S/C14H14FNO3/c1-3-10(14(17)18-2)7-8-19-13-6-4-5-12(15)11(13)9-16/h4-7H,3,8H2,1-2H3. The van der Waals surface area contributed by atoms with Gasteiger partial charge >= 0.3 is 5.97 Å². The fourth-order valence-electron chi connectivity index (χ4n) is 1.47. The van der Waals surface area contributed by atoms with Crippen LogP contribution in [0, 0.1) is 17.1 Å². The van der Waals surface area contributed by atoms with Crippen LogP contribution in [0.3, 0.4) is 0 Å². The van der Waals surface area contributed by atoms with Gasteiger partial charge in [0, 0.05) is 5.57 Å². The van der Waals surface area contributed by atoms with Crippen molar-refractivity contribution in [3.63, 3.8) is 0 Å². The summed E-state index contributed by atoms with van der Waals surface area (Å²) in [6.45, 7) is 1.88. The van der Waals surface area contributed by atoms with Crippen molar-refractivity contribution in [3.8, 4) is 11.8 Å². The molecule has 0 spiro atoms. The van der Waals surface area contributed by atoms with E-state index >= 15 is 0 Å². The van der Waals surface area contributed by atoms with Gasteiger partial charge in [0.05, 0.1) is 7.11 Å². The fourth-order valence-corrected chi connectivity index (χ4v) is 1.47. The molecule has 4 nitrogen and oxygen atoms in total. The van der Waals surface area contributed by atoms with Gasteiger partial charge < -0.3 is 9.47 Å². The number of ether oxygens (including phenoxy) is 2. The lowest BCUT2D eigenvalue weighted by Crippen LogP contribution is -2.06. The molecular weight excluding hydrogens is 249 g/mol. The molecule has 0 fully saturated rings. The maximum atomic E-state index is 13.3. The highest BCUT2D eigenvalue weighted by molar-refractivity contribution is 5.88. The van der Waals surface area contributed by atoms with Gasteiger partial charge in [-0.3, -0.25) is 0 Å². The monoisotopic (exact) mass is 263 g/mol. The Kier molecular flexibility index (Phi) is 5.55. The minimum absolute atomic E-state index is 0.0659. The zero-order valence-electron chi connectivity index (χ0n) is 10.8. The summed E-state index contributed by atoms with van der Waals surface area (Å²) in [5.74, 6) is -0.905. The van der Waals surface area contributed by atoms with Gasteiger partial charge in [0.25, 0.3) is 0 Å². The molecule has 1 aromatic rings. The average Bonchev–Trinajstić information content (AvgIpc) is 2.43. The van der Waals surface area contributed by atoms with Gasteiger partial charge in [-0.15, -0.1) is 0 Å². The number of nitriles is 1. The van der Waals surface area contributed by atoms with Crippen molar-refractivity contribution in [2.75, 3.05) is 13.7 Å². The number of benzene rings is 1. The summed E-state index contributed by atoms with van der Waals surface area (Å²) in [6.07, 6.45) is 2.06. The number of carbonyl (C=O) groups is 1. The Morgan fingerprint density at radius 3 is 2.84 bits per heavy atom. The lowest BCUT2D eigenvalue weighted by atomic mass is 10.2. The van der Waals surface area contributed by atoms with E-state index in [0.29, 0.717) is 12.0 Å². The Balaban J connectivity index is 2.78. The lowest BCUT2D eigenvalue weighted by Gasteiger charge is -2.07. The summed E-state index contributed by atoms with van der Waals surface area (Å²) < 4.78 is 23.2. The molecule has 0 aliphatic heterocycles. The number of esters is 1. The molecule has 0 amide bonds. The molecule has 0 aliphatic carbocycles. The highest BCUT2D eigenvalue weighted by Gasteiger charge is 2.09. The zero-order valence-corrected chi connectivity index (χ0v) is 10.8. The summed E-state index contributed by atoms with van der Waals surface area (Å²) in [7, 11) is 1.30.